The second kappa shape index (κ2) is 11.2. The standard InChI is InChI=1S/C22H25BrN2O6S2/c1-28-17-10-14(9-16(23)20(17)31-13-19(26)24-4-7-29-8-5-24)11-18-21(27)25(22(32)33-18)12-15-3-2-6-30-15/h9-11,15H,2-8,12-13H2,1H3/b18-11-/t15-/m1/s1. The molecule has 0 bridgehead atoms. The molecule has 0 unspecified atom stereocenters. The molecule has 1 aromatic carbocycles. The average Bonchev–Trinajstić information content (AvgIpc) is 3.42. The molecule has 8 nitrogen and oxygen atoms in total. The van der Waals surface area contributed by atoms with Crippen LogP contribution in [0.15, 0.2) is 21.5 Å². The van der Waals surface area contributed by atoms with Crippen LogP contribution in [0.3, 0.4) is 0 Å². The molecule has 2 amide bonds. The van der Waals surface area contributed by atoms with E-state index in [0.29, 0.717) is 58.0 Å². The molecule has 3 saturated heterocycles. The molecule has 0 N–H and O–H groups in total. The largest absolute Gasteiger partial charge is 0.493 e. The zero-order chi connectivity index (χ0) is 23.4. The number of thioether (sulfide) groups is 1. The molecule has 33 heavy (non-hydrogen) atoms. The van der Waals surface area contributed by atoms with Gasteiger partial charge in [-0.05, 0) is 52.5 Å². The first kappa shape index (κ1) is 24.5. The topological polar surface area (TPSA) is 77.5 Å². The van der Waals surface area contributed by atoms with Crippen LogP contribution in [-0.2, 0) is 19.1 Å². The quantitative estimate of drug-likeness (QED) is 0.374. The second-order valence-corrected chi connectivity index (χ2v) is 10.3. The van der Waals surface area contributed by atoms with Gasteiger partial charge in [-0.15, -0.1) is 0 Å². The van der Waals surface area contributed by atoms with Gasteiger partial charge in [-0.2, -0.15) is 0 Å². The van der Waals surface area contributed by atoms with E-state index < -0.39 is 0 Å². The van der Waals surface area contributed by atoms with Crippen molar-refractivity contribution < 1.29 is 28.5 Å². The Hall–Kier alpha value is -1.66. The maximum Gasteiger partial charge on any atom is 0.266 e. The van der Waals surface area contributed by atoms with Gasteiger partial charge in [-0.3, -0.25) is 14.5 Å². The third-order valence-corrected chi connectivity index (χ3v) is 7.50. The Bertz CT molecular complexity index is 960. The normalized spacial score (nSPS) is 22.4. The molecule has 0 aliphatic carbocycles. The molecule has 3 aliphatic heterocycles. The van der Waals surface area contributed by atoms with E-state index in [0.717, 1.165) is 25.0 Å². The summed E-state index contributed by atoms with van der Waals surface area (Å²) in [6.07, 6.45) is 3.77. The van der Waals surface area contributed by atoms with E-state index in [-0.39, 0.29) is 24.5 Å². The molecule has 0 spiro atoms. The van der Waals surface area contributed by atoms with Gasteiger partial charge in [0.05, 0.1) is 42.4 Å². The Kier molecular flexibility index (Phi) is 8.29. The summed E-state index contributed by atoms with van der Waals surface area (Å²) in [5, 5.41) is 0. The van der Waals surface area contributed by atoms with E-state index in [1.807, 2.05) is 6.07 Å². The summed E-state index contributed by atoms with van der Waals surface area (Å²) in [7, 11) is 1.53. The minimum atomic E-state index is -0.118. The Balaban J connectivity index is 1.45. The van der Waals surface area contributed by atoms with Crippen molar-refractivity contribution in [1.29, 1.82) is 0 Å². The van der Waals surface area contributed by atoms with Crippen LogP contribution < -0.4 is 9.47 Å². The van der Waals surface area contributed by atoms with Crippen LogP contribution in [0, 0.1) is 0 Å². The lowest BCUT2D eigenvalue weighted by Crippen LogP contribution is -2.43. The predicted molar refractivity (Wildman–Crippen MR) is 132 cm³/mol. The van der Waals surface area contributed by atoms with Gasteiger partial charge in [0.15, 0.2) is 18.1 Å². The van der Waals surface area contributed by atoms with Crippen LogP contribution in [0.1, 0.15) is 18.4 Å². The lowest BCUT2D eigenvalue weighted by Gasteiger charge is -2.27. The number of nitrogens with zero attached hydrogens (tertiary/aromatic N) is 2. The minimum absolute atomic E-state index is 0.0395. The monoisotopic (exact) mass is 556 g/mol. The molecule has 0 aromatic heterocycles. The van der Waals surface area contributed by atoms with Gasteiger partial charge in [0, 0.05) is 19.7 Å². The number of morpholine rings is 1. The number of hydrogen-bond donors (Lipinski definition) is 0. The van der Waals surface area contributed by atoms with Gasteiger partial charge in [0.25, 0.3) is 11.8 Å². The number of carbonyl (C=O) groups is 2. The van der Waals surface area contributed by atoms with Crippen LogP contribution in [0.5, 0.6) is 11.5 Å². The summed E-state index contributed by atoms with van der Waals surface area (Å²) >= 11 is 10.2. The van der Waals surface area contributed by atoms with Crippen LogP contribution in [0.2, 0.25) is 0 Å². The number of amides is 2. The van der Waals surface area contributed by atoms with Crippen molar-refractivity contribution >= 4 is 62.1 Å². The summed E-state index contributed by atoms with van der Waals surface area (Å²) in [5.41, 5.74) is 0.753. The number of methoxy groups -OCH3 is 1. The molecule has 0 saturated carbocycles. The van der Waals surface area contributed by atoms with Crippen LogP contribution >= 0.6 is 39.9 Å². The van der Waals surface area contributed by atoms with Crippen LogP contribution in [-0.4, -0.2) is 85.2 Å². The number of ether oxygens (including phenoxy) is 4. The van der Waals surface area contributed by atoms with E-state index in [1.54, 1.807) is 21.9 Å². The zero-order valence-electron chi connectivity index (χ0n) is 18.2. The fraction of sp³-hybridized carbons (Fsp3) is 0.500. The Labute approximate surface area is 210 Å². The molecule has 11 heteroatoms. The first-order valence-electron chi connectivity index (χ1n) is 10.7. The van der Waals surface area contributed by atoms with Crippen molar-refractivity contribution in [2.45, 2.75) is 18.9 Å². The fourth-order valence-corrected chi connectivity index (χ4v) is 5.65. The number of thiocarbonyl (C=S) groups is 1. The summed E-state index contributed by atoms with van der Waals surface area (Å²) in [6.45, 7) is 3.31. The summed E-state index contributed by atoms with van der Waals surface area (Å²) < 4.78 is 23.4. The van der Waals surface area contributed by atoms with Gasteiger partial charge >= 0.3 is 0 Å². The third-order valence-electron chi connectivity index (χ3n) is 5.54. The van der Waals surface area contributed by atoms with E-state index in [2.05, 4.69) is 15.9 Å². The molecule has 4 rings (SSSR count). The fourth-order valence-electron chi connectivity index (χ4n) is 3.80. The van der Waals surface area contributed by atoms with E-state index in [9.17, 15) is 9.59 Å². The summed E-state index contributed by atoms with van der Waals surface area (Å²) in [5.74, 6) is 0.667. The van der Waals surface area contributed by atoms with Gasteiger partial charge in [0.1, 0.15) is 4.32 Å². The maximum atomic E-state index is 12.9. The smallest absolute Gasteiger partial charge is 0.266 e. The third kappa shape index (κ3) is 5.89. The number of benzene rings is 1. The molecule has 3 aliphatic rings. The van der Waals surface area contributed by atoms with Crippen molar-refractivity contribution in [3.05, 3.63) is 27.1 Å². The highest BCUT2D eigenvalue weighted by atomic mass is 79.9. The number of hydrogen-bond acceptors (Lipinski definition) is 8. The highest BCUT2D eigenvalue weighted by Crippen LogP contribution is 2.39. The van der Waals surface area contributed by atoms with Crippen molar-refractivity contribution in [1.82, 2.24) is 9.80 Å². The number of carbonyl (C=O) groups excluding carboxylic acids is 2. The lowest BCUT2D eigenvalue weighted by molar-refractivity contribution is -0.137. The second-order valence-electron chi connectivity index (χ2n) is 7.74. The molecule has 178 valence electrons. The van der Waals surface area contributed by atoms with Crippen molar-refractivity contribution in [2.75, 3.05) is 53.2 Å². The molecule has 3 heterocycles. The van der Waals surface area contributed by atoms with Gasteiger partial charge < -0.3 is 23.8 Å². The highest BCUT2D eigenvalue weighted by molar-refractivity contribution is 9.10. The molecule has 0 radical (unpaired) electrons. The van der Waals surface area contributed by atoms with E-state index >= 15 is 0 Å². The summed E-state index contributed by atoms with van der Waals surface area (Å²) in [6, 6.07) is 3.59. The number of rotatable bonds is 7. The molecular formula is C22H25BrN2O6S2. The Morgan fingerprint density at radius 3 is 2.82 bits per heavy atom. The highest BCUT2D eigenvalue weighted by Gasteiger charge is 2.34. The first-order valence-corrected chi connectivity index (χ1v) is 12.7. The van der Waals surface area contributed by atoms with Gasteiger partial charge in [-0.1, -0.05) is 24.0 Å². The van der Waals surface area contributed by atoms with Crippen molar-refractivity contribution in [3.63, 3.8) is 0 Å². The molecular weight excluding hydrogens is 532 g/mol. The number of halogens is 1. The van der Waals surface area contributed by atoms with E-state index in [1.165, 1.54) is 18.9 Å². The van der Waals surface area contributed by atoms with Crippen LogP contribution in [0.25, 0.3) is 6.08 Å². The predicted octanol–water partition coefficient (Wildman–Crippen LogP) is 3.08. The average molecular weight is 557 g/mol. The van der Waals surface area contributed by atoms with Gasteiger partial charge in [-0.25, -0.2) is 0 Å². The SMILES string of the molecule is COc1cc(/C=C2\SC(=S)N(C[C@H]3CCCO3)C2=O)cc(Br)c1OCC(=O)N1CCOCC1. The Morgan fingerprint density at radius 1 is 1.33 bits per heavy atom. The first-order chi connectivity index (χ1) is 16.0. The lowest BCUT2D eigenvalue weighted by atomic mass is 10.1. The molecule has 3 fully saturated rings. The van der Waals surface area contributed by atoms with Gasteiger partial charge in [0.2, 0.25) is 0 Å². The van der Waals surface area contributed by atoms with Crippen LogP contribution in [0.4, 0.5) is 0 Å². The van der Waals surface area contributed by atoms with E-state index in [4.69, 9.17) is 31.2 Å². The minimum Gasteiger partial charge on any atom is -0.493 e. The Morgan fingerprint density at radius 2 is 2.12 bits per heavy atom. The van der Waals surface area contributed by atoms with Crippen molar-refractivity contribution in [3.8, 4) is 11.5 Å². The zero-order valence-corrected chi connectivity index (χ0v) is 21.4. The molecule has 1 atom stereocenters. The summed E-state index contributed by atoms with van der Waals surface area (Å²) in [4.78, 5) is 29.2. The van der Waals surface area contributed by atoms with Crippen molar-refractivity contribution in [2.24, 2.45) is 0 Å². The molecule has 1 aromatic rings. The maximum absolute atomic E-state index is 12.9.